The van der Waals surface area contributed by atoms with Crippen LogP contribution in [-0.2, 0) is 4.79 Å². The maximum atomic E-state index is 12.4. The zero-order valence-corrected chi connectivity index (χ0v) is 13.0. The Balaban J connectivity index is 1.54. The van der Waals surface area contributed by atoms with Gasteiger partial charge in [-0.1, -0.05) is 12.8 Å². The number of amides is 2. The molecule has 5 nitrogen and oxygen atoms in total. The molecule has 1 saturated heterocycles. The topological polar surface area (TPSA) is 62.3 Å². The first-order valence-electron chi connectivity index (χ1n) is 8.16. The van der Waals surface area contributed by atoms with Crippen molar-refractivity contribution in [1.29, 1.82) is 0 Å². The average molecular weight is 301 g/mol. The summed E-state index contributed by atoms with van der Waals surface area (Å²) in [5, 5.41) is 3.12. The third kappa shape index (κ3) is 3.29. The molecule has 22 heavy (non-hydrogen) atoms. The number of rotatable bonds is 3. The molecular formula is C17H23N3O2. The number of carbonyl (C=O) groups excluding carboxylic acids is 2. The van der Waals surface area contributed by atoms with Crippen molar-refractivity contribution in [3.05, 3.63) is 29.6 Å². The minimum atomic E-state index is 0.00474. The SMILES string of the molecule is Cc1ccc(C(=O)N2CC[C@@H](NC(=O)C3CCCC3)C2)cn1. The van der Waals surface area contributed by atoms with E-state index in [4.69, 9.17) is 0 Å². The molecule has 0 unspecified atom stereocenters. The lowest BCUT2D eigenvalue weighted by molar-refractivity contribution is -0.125. The lowest BCUT2D eigenvalue weighted by Crippen LogP contribution is -2.40. The third-order valence-corrected chi connectivity index (χ3v) is 4.71. The van der Waals surface area contributed by atoms with E-state index in [2.05, 4.69) is 10.3 Å². The highest BCUT2D eigenvalue weighted by Gasteiger charge is 2.30. The largest absolute Gasteiger partial charge is 0.351 e. The summed E-state index contributed by atoms with van der Waals surface area (Å²) < 4.78 is 0. The van der Waals surface area contributed by atoms with Crippen molar-refractivity contribution >= 4 is 11.8 Å². The number of aryl methyl sites for hydroxylation is 1. The van der Waals surface area contributed by atoms with Gasteiger partial charge in [0, 0.05) is 36.9 Å². The number of nitrogens with one attached hydrogen (secondary N) is 1. The normalized spacial score (nSPS) is 22.0. The lowest BCUT2D eigenvalue weighted by Gasteiger charge is -2.18. The van der Waals surface area contributed by atoms with Gasteiger partial charge in [-0.05, 0) is 38.3 Å². The van der Waals surface area contributed by atoms with Crippen LogP contribution in [0.15, 0.2) is 18.3 Å². The predicted octanol–water partition coefficient (Wildman–Crippen LogP) is 1.91. The molecule has 1 aliphatic heterocycles. The van der Waals surface area contributed by atoms with E-state index in [1.807, 2.05) is 24.0 Å². The van der Waals surface area contributed by atoms with Crippen LogP contribution in [0.1, 0.15) is 48.2 Å². The smallest absolute Gasteiger partial charge is 0.255 e. The Kier molecular flexibility index (Phi) is 4.41. The number of likely N-dealkylation sites (tertiary alicyclic amines) is 1. The summed E-state index contributed by atoms with van der Waals surface area (Å²) in [4.78, 5) is 30.6. The first-order chi connectivity index (χ1) is 10.6. The summed E-state index contributed by atoms with van der Waals surface area (Å²) >= 11 is 0. The van der Waals surface area contributed by atoms with Gasteiger partial charge in [0.1, 0.15) is 0 Å². The van der Waals surface area contributed by atoms with Gasteiger partial charge in [-0.2, -0.15) is 0 Å². The summed E-state index contributed by atoms with van der Waals surface area (Å²) in [6.07, 6.45) is 6.81. The molecule has 118 valence electrons. The molecule has 0 spiro atoms. The Labute approximate surface area is 131 Å². The quantitative estimate of drug-likeness (QED) is 0.927. The zero-order chi connectivity index (χ0) is 15.5. The van der Waals surface area contributed by atoms with E-state index < -0.39 is 0 Å². The molecule has 1 aromatic heterocycles. The average Bonchev–Trinajstić information content (AvgIpc) is 3.19. The van der Waals surface area contributed by atoms with Crippen LogP contribution in [0.3, 0.4) is 0 Å². The molecule has 1 saturated carbocycles. The van der Waals surface area contributed by atoms with Crippen LogP contribution >= 0.6 is 0 Å². The van der Waals surface area contributed by atoms with E-state index in [1.165, 1.54) is 0 Å². The molecule has 3 rings (SSSR count). The fraction of sp³-hybridized carbons (Fsp3) is 0.588. The van der Waals surface area contributed by atoms with Crippen molar-refractivity contribution in [2.45, 2.75) is 45.1 Å². The van der Waals surface area contributed by atoms with Gasteiger partial charge >= 0.3 is 0 Å². The highest BCUT2D eigenvalue weighted by atomic mass is 16.2. The molecule has 2 amide bonds. The molecule has 2 aliphatic rings. The van der Waals surface area contributed by atoms with E-state index in [0.29, 0.717) is 18.7 Å². The summed E-state index contributed by atoms with van der Waals surface area (Å²) in [5.41, 5.74) is 1.52. The standard InChI is InChI=1S/C17H23N3O2/c1-12-6-7-14(10-18-12)17(22)20-9-8-15(11-20)19-16(21)13-4-2-3-5-13/h6-7,10,13,15H,2-5,8-9,11H2,1H3,(H,19,21)/t15-/m1/s1. The van der Waals surface area contributed by atoms with Crippen LogP contribution in [0.25, 0.3) is 0 Å². The molecule has 0 aromatic carbocycles. The summed E-state index contributed by atoms with van der Waals surface area (Å²) in [7, 11) is 0. The molecule has 2 fully saturated rings. The number of carbonyl (C=O) groups is 2. The van der Waals surface area contributed by atoms with Crippen LogP contribution in [0, 0.1) is 12.8 Å². The van der Waals surface area contributed by atoms with E-state index in [-0.39, 0.29) is 23.8 Å². The number of pyridine rings is 1. The van der Waals surface area contributed by atoms with Gasteiger partial charge in [0.15, 0.2) is 0 Å². The van der Waals surface area contributed by atoms with Crippen molar-refractivity contribution in [3.63, 3.8) is 0 Å². The molecule has 0 radical (unpaired) electrons. The minimum Gasteiger partial charge on any atom is -0.351 e. The Hall–Kier alpha value is -1.91. The maximum Gasteiger partial charge on any atom is 0.255 e. The third-order valence-electron chi connectivity index (χ3n) is 4.71. The van der Waals surface area contributed by atoms with Crippen molar-refractivity contribution in [3.8, 4) is 0 Å². The van der Waals surface area contributed by atoms with Gasteiger partial charge in [-0.15, -0.1) is 0 Å². The number of hydrogen-bond donors (Lipinski definition) is 1. The Bertz CT molecular complexity index is 550. The van der Waals surface area contributed by atoms with Crippen LogP contribution in [-0.4, -0.2) is 40.8 Å². The molecule has 1 atom stereocenters. The summed E-state index contributed by atoms with van der Waals surface area (Å²) in [5.74, 6) is 0.366. The minimum absolute atomic E-state index is 0.00474. The van der Waals surface area contributed by atoms with Gasteiger partial charge < -0.3 is 10.2 Å². The second-order valence-corrected chi connectivity index (χ2v) is 6.41. The van der Waals surface area contributed by atoms with Crippen LogP contribution in [0.5, 0.6) is 0 Å². The van der Waals surface area contributed by atoms with Crippen LogP contribution in [0.4, 0.5) is 0 Å². The van der Waals surface area contributed by atoms with Gasteiger partial charge in [-0.3, -0.25) is 14.6 Å². The first kappa shape index (κ1) is 15.0. The van der Waals surface area contributed by atoms with Crippen molar-refractivity contribution in [1.82, 2.24) is 15.2 Å². The zero-order valence-electron chi connectivity index (χ0n) is 13.0. The molecule has 2 heterocycles. The highest BCUT2D eigenvalue weighted by Crippen LogP contribution is 2.25. The van der Waals surface area contributed by atoms with E-state index in [0.717, 1.165) is 37.8 Å². The molecule has 1 aromatic rings. The molecular weight excluding hydrogens is 278 g/mol. The highest BCUT2D eigenvalue weighted by molar-refractivity contribution is 5.94. The predicted molar refractivity (Wildman–Crippen MR) is 83.4 cm³/mol. The van der Waals surface area contributed by atoms with E-state index in [1.54, 1.807) is 6.20 Å². The van der Waals surface area contributed by atoms with Gasteiger partial charge in [0.2, 0.25) is 5.91 Å². The maximum absolute atomic E-state index is 12.4. The van der Waals surface area contributed by atoms with E-state index >= 15 is 0 Å². The van der Waals surface area contributed by atoms with E-state index in [9.17, 15) is 9.59 Å². The fourth-order valence-electron chi connectivity index (χ4n) is 3.35. The van der Waals surface area contributed by atoms with Crippen LogP contribution in [0.2, 0.25) is 0 Å². The fourth-order valence-corrected chi connectivity index (χ4v) is 3.35. The molecule has 1 aliphatic carbocycles. The Morgan fingerprint density at radius 1 is 1.23 bits per heavy atom. The van der Waals surface area contributed by atoms with Crippen LogP contribution < -0.4 is 5.32 Å². The molecule has 5 heteroatoms. The Morgan fingerprint density at radius 2 is 2.00 bits per heavy atom. The van der Waals surface area contributed by atoms with Gasteiger partial charge in [0.25, 0.3) is 5.91 Å². The van der Waals surface area contributed by atoms with Gasteiger partial charge in [-0.25, -0.2) is 0 Å². The van der Waals surface area contributed by atoms with Crippen molar-refractivity contribution in [2.24, 2.45) is 5.92 Å². The Morgan fingerprint density at radius 3 is 2.68 bits per heavy atom. The van der Waals surface area contributed by atoms with Gasteiger partial charge in [0.05, 0.1) is 5.56 Å². The number of hydrogen-bond acceptors (Lipinski definition) is 3. The number of nitrogens with zero attached hydrogens (tertiary/aromatic N) is 2. The summed E-state index contributed by atoms with van der Waals surface area (Å²) in [6, 6.07) is 3.76. The summed E-state index contributed by atoms with van der Waals surface area (Å²) in [6.45, 7) is 3.20. The van der Waals surface area contributed by atoms with Crippen molar-refractivity contribution < 1.29 is 9.59 Å². The monoisotopic (exact) mass is 301 g/mol. The first-order valence-corrected chi connectivity index (χ1v) is 8.16. The lowest BCUT2D eigenvalue weighted by atomic mass is 10.1. The number of aromatic nitrogens is 1. The molecule has 1 N–H and O–H groups in total. The molecule has 0 bridgehead atoms. The van der Waals surface area contributed by atoms with Crippen molar-refractivity contribution in [2.75, 3.05) is 13.1 Å². The second-order valence-electron chi connectivity index (χ2n) is 6.41. The second kappa shape index (κ2) is 6.46.